The van der Waals surface area contributed by atoms with E-state index < -0.39 is 0 Å². The van der Waals surface area contributed by atoms with Crippen LogP contribution in [0.3, 0.4) is 0 Å². The van der Waals surface area contributed by atoms with Crippen LogP contribution in [0, 0.1) is 3.57 Å². The lowest BCUT2D eigenvalue weighted by atomic mass is 10.2. The molecule has 0 aliphatic heterocycles. The summed E-state index contributed by atoms with van der Waals surface area (Å²) in [7, 11) is 1.65. The van der Waals surface area contributed by atoms with Crippen LogP contribution in [0.1, 0.15) is 5.56 Å². The molecule has 0 N–H and O–H groups in total. The molecule has 2 aromatic heterocycles. The second kappa shape index (κ2) is 5.70. The smallest absolute Gasteiger partial charge is 0.187 e. The molecule has 0 aliphatic carbocycles. The molecule has 0 unspecified atom stereocenters. The highest BCUT2D eigenvalue weighted by Gasteiger charge is 2.13. The molecule has 0 atom stereocenters. The molecule has 4 nitrogen and oxygen atoms in total. The zero-order valence-electron chi connectivity index (χ0n) is 10.9. The van der Waals surface area contributed by atoms with E-state index in [1.54, 1.807) is 17.8 Å². The Hall–Kier alpha value is -1.76. The number of methoxy groups -OCH3 is 1. The molecule has 0 radical (unpaired) electrons. The van der Waals surface area contributed by atoms with Crippen LogP contribution in [0.5, 0.6) is 11.5 Å². The third-order valence-electron chi connectivity index (χ3n) is 3.00. The summed E-state index contributed by atoms with van der Waals surface area (Å²) in [6, 6.07) is 11.9. The van der Waals surface area contributed by atoms with Gasteiger partial charge in [-0.15, -0.1) is 0 Å². The molecular weight excluding hydrogens is 367 g/mol. The molecule has 3 aromatic rings. The molecule has 3 rings (SSSR count). The third kappa shape index (κ3) is 2.45. The minimum Gasteiger partial charge on any atom is -0.491 e. The number of ether oxygens (including phenoxy) is 2. The standard InChI is InChI=1S/C15H13IN2O2/c1-19-15-13(20-10-11-5-3-2-4-6-11)7-8-18-14(15)12(16)9-17-18/h2-9H,10H2,1H3. The van der Waals surface area contributed by atoms with E-state index in [1.165, 1.54) is 0 Å². The molecule has 0 fully saturated rings. The van der Waals surface area contributed by atoms with Crippen molar-refractivity contribution in [2.75, 3.05) is 7.11 Å². The fraction of sp³-hybridized carbons (Fsp3) is 0.133. The third-order valence-corrected chi connectivity index (χ3v) is 3.79. The maximum atomic E-state index is 5.88. The number of halogens is 1. The summed E-state index contributed by atoms with van der Waals surface area (Å²) in [5.41, 5.74) is 2.05. The lowest BCUT2D eigenvalue weighted by Gasteiger charge is -2.12. The average Bonchev–Trinajstić information content (AvgIpc) is 2.87. The van der Waals surface area contributed by atoms with Gasteiger partial charge in [-0.1, -0.05) is 30.3 Å². The number of pyridine rings is 1. The number of hydrogen-bond donors (Lipinski definition) is 0. The Kier molecular flexibility index (Phi) is 3.77. The first-order valence-corrected chi connectivity index (χ1v) is 7.24. The largest absolute Gasteiger partial charge is 0.491 e. The molecule has 5 heteroatoms. The summed E-state index contributed by atoms with van der Waals surface area (Å²) >= 11 is 2.24. The Morgan fingerprint density at radius 3 is 2.75 bits per heavy atom. The van der Waals surface area contributed by atoms with Crippen molar-refractivity contribution in [2.24, 2.45) is 0 Å². The van der Waals surface area contributed by atoms with E-state index >= 15 is 0 Å². The van der Waals surface area contributed by atoms with Crippen molar-refractivity contribution >= 4 is 28.1 Å². The van der Waals surface area contributed by atoms with E-state index in [0.717, 1.165) is 20.4 Å². The predicted octanol–water partition coefficient (Wildman–Crippen LogP) is 3.53. The van der Waals surface area contributed by atoms with Gasteiger partial charge in [0, 0.05) is 12.3 Å². The van der Waals surface area contributed by atoms with E-state index in [4.69, 9.17) is 9.47 Å². The molecule has 0 amide bonds. The van der Waals surface area contributed by atoms with E-state index in [-0.39, 0.29) is 0 Å². The van der Waals surface area contributed by atoms with Gasteiger partial charge < -0.3 is 9.47 Å². The highest BCUT2D eigenvalue weighted by atomic mass is 127. The topological polar surface area (TPSA) is 35.8 Å². The highest BCUT2D eigenvalue weighted by molar-refractivity contribution is 14.1. The molecule has 1 aromatic carbocycles. The summed E-state index contributed by atoms with van der Waals surface area (Å²) in [6.07, 6.45) is 3.68. The Morgan fingerprint density at radius 2 is 2.00 bits per heavy atom. The second-order valence-electron chi connectivity index (χ2n) is 4.27. The zero-order chi connectivity index (χ0) is 13.9. The molecule has 0 saturated carbocycles. The number of benzene rings is 1. The monoisotopic (exact) mass is 380 g/mol. The van der Waals surface area contributed by atoms with Crippen LogP contribution >= 0.6 is 22.6 Å². The second-order valence-corrected chi connectivity index (χ2v) is 5.44. The SMILES string of the molecule is COc1c(OCc2ccccc2)ccn2ncc(I)c12. The van der Waals surface area contributed by atoms with E-state index in [2.05, 4.69) is 27.7 Å². The molecule has 20 heavy (non-hydrogen) atoms. The van der Waals surface area contributed by atoms with Crippen LogP contribution in [0.4, 0.5) is 0 Å². The van der Waals surface area contributed by atoms with Crippen molar-refractivity contribution in [3.63, 3.8) is 0 Å². The quantitative estimate of drug-likeness (QED) is 0.650. The van der Waals surface area contributed by atoms with Crippen molar-refractivity contribution in [3.05, 3.63) is 57.9 Å². The van der Waals surface area contributed by atoms with Crippen LogP contribution in [-0.2, 0) is 6.61 Å². The van der Waals surface area contributed by atoms with E-state index in [0.29, 0.717) is 12.4 Å². The van der Waals surface area contributed by atoms with Gasteiger partial charge in [0.2, 0.25) is 0 Å². The molecular formula is C15H13IN2O2. The summed E-state index contributed by atoms with van der Waals surface area (Å²) in [4.78, 5) is 0. The van der Waals surface area contributed by atoms with Gasteiger partial charge in [-0.05, 0) is 28.2 Å². The minimum absolute atomic E-state index is 0.512. The molecule has 0 spiro atoms. The van der Waals surface area contributed by atoms with Crippen LogP contribution in [0.2, 0.25) is 0 Å². The summed E-state index contributed by atoms with van der Waals surface area (Å²) in [6.45, 7) is 0.512. The van der Waals surface area contributed by atoms with Gasteiger partial charge in [0.25, 0.3) is 0 Å². The number of rotatable bonds is 4. The molecule has 2 heterocycles. The Labute approximate surface area is 130 Å². The lowest BCUT2D eigenvalue weighted by molar-refractivity contribution is 0.285. The van der Waals surface area contributed by atoms with Gasteiger partial charge >= 0.3 is 0 Å². The van der Waals surface area contributed by atoms with Crippen LogP contribution < -0.4 is 9.47 Å². The summed E-state index contributed by atoms with van der Waals surface area (Å²) < 4.78 is 14.2. The normalized spacial score (nSPS) is 10.7. The Bertz CT molecular complexity index is 725. The number of aromatic nitrogens is 2. The first-order chi connectivity index (χ1) is 9.79. The number of nitrogens with zero attached hydrogens (tertiary/aromatic N) is 2. The van der Waals surface area contributed by atoms with Gasteiger partial charge in [-0.25, -0.2) is 4.52 Å². The van der Waals surface area contributed by atoms with Gasteiger partial charge in [0.15, 0.2) is 11.5 Å². The van der Waals surface area contributed by atoms with Gasteiger partial charge in [-0.3, -0.25) is 0 Å². The summed E-state index contributed by atoms with van der Waals surface area (Å²) in [5, 5.41) is 4.26. The number of hydrogen-bond acceptors (Lipinski definition) is 3. The van der Waals surface area contributed by atoms with Crippen molar-refractivity contribution in [1.82, 2.24) is 9.61 Å². The van der Waals surface area contributed by atoms with Gasteiger partial charge in [-0.2, -0.15) is 5.10 Å². The van der Waals surface area contributed by atoms with Crippen molar-refractivity contribution in [3.8, 4) is 11.5 Å². The molecule has 0 saturated heterocycles. The zero-order valence-corrected chi connectivity index (χ0v) is 13.1. The first kappa shape index (κ1) is 13.2. The maximum absolute atomic E-state index is 5.88. The van der Waals surface area contributed by atoms with E-state index in [1.807, 2.05) is 42.6 Å². The molecule has 0 bridgehead atoms. The Morgan fingerprint density at radius 1 is 1.20 bits per heavy atom. The first-order valence-electron chi connectivity index (χ1n) is 6.16. The van der Waals surface area contributed by atoms with Gasteiger partial charge in [0.1, 0.15) is 12.1 Å². The molecule has 102 valence electrons. The van der Waals surface area contributed by atoms with Crippen molar-refractivity contribution in [2.45, 2.75) is 6.61 Å². The Balaban J connectivity index is 1.93. The lowest BCUT2D eigenvalue weighted by Crippen LogP contribution is -2.00. The minimum atomic E-state index is 0.512. The van der Waals surface area contributed by atoms with Crippen molar-refractivity contribution in [1.29, 1.82) is 0 Å². The van der Waals surface area contributed by atoms with Crippen molar-refractivity contribution < 1.29 is 9.47 Å². The van der Waals surface area contributed by atoms with Crippen LogP contribution in [-0.4, -0.2) is 16.7 Å². The fourth-order valence-corrected chi connectivity index (χ4v) is 2.66. The average molecular weight is 380 g/mol. The van der Waals surface area contributed by atoms with Gasteiger partial charge in [0.05, 0.1) is 16.9 Å². The van der Waals surface area contributed by atoms with E-state index in [9.17, 15) is 0 Å². The van der Waals surface area contributed by atoms with Crippen LogP contribution in [0.15, 0.2) is 48.8 Å². The molecule has 0 aliphatic rings. The predicted molar refractivity (Wildman–Crippen MR) is 85.2 cm³/mol. The maximum Gasteiger partial charge on any atom is 0.187 e. The van der Waals surface area contributed by atoms with Crippen LogP contribution in [0.25, 0.3) is 5.52 Å². The fourth-order valence-electron chi connectivity index (χ4n) is 2.04. The number of fused-ring (bicyclic) bond motifs is 1. The summed E-state index contributed by atoms with van der Waals surface area (Å²) in [5.74, 6) is 1.44. The highest BCUT2D eigenvalue weighted by Crippen LogP contribution is 2.34.